The lowest BCUT2D eigenvalue weighted by molar-refractivity contribution is 0.512. The van der Waals surface area contributed by atoms with Crippen molar-refractivity contribution in [3.05, 3.63) is 0 Å². The van der Waals surface area contributed by atoms with Gasteiger partial charge in [-0.05, 0) is 43.6 Å². The summed E-state index contributed by atoms with van der Waals surface area (Å²) in [6, 6.07) is 0. The number of hydrogen-bond acceptors (Lipinski definition) is 1. The van der Waals surface area contributed by atoms with Crippen LogP contribution in [0, 0.1) is 5.92 Å². The molecule has 11 heavy (non-hydrogen) atoms. The van der Waals surface area contributed by atoms with E-state index in [4.69, 9.17) is 0 Å². The van der Waals surface area contributed by atoms with Crippen LogP contribution in [0.15, 0.2) is 0 Å². The number of halogens is 1. The van der Waals surface area contributed by atoms with Gasteiger partial charge in [-0.3, -0.25) is 0 Å². The second kappa shape index (κ2) is 5.47. The van der Waals surface area contributed by atoms with Crippen molar-refractivity contribution in [3.63, 3.8) is 0 Å². The molecule has 0 N–H and O–H groups in total. The molecule has 0 bridgehead atoms. The van der Waals surface area contributed by atoms with Crippen molar-refractivity contribution < 1.29 is 0 Å². The highest BCUT2D eigenvalue weighted by Gasteiger charge is 2.23. The molecule has 2 heteroatoms. The Hall–Kier alpha value is 0.830. The third-order valence-corrected chi connectivity index (χ3v) is 4.39. The highest BCUT2D eigenvalue weighted by atomic mass is 79.9. The van der Waals surface area contributed by atoms with E-state index in [-0.39, 0.29) is 0 Å². The Bertz CT molecular complexity index is 106. The molecule has 1 aliphatic rings. The van der Waals surface area contributed by atoms with Gasteiger partial charge in [0.25, 0.3) is 0 Å². The quantitative estimate of drug-likeness (QED) is 0.530. The average molecular weight is 237 g/mol. The maximum absolute atomic E-state index is 3.75. The van der Waals surface area contributed by atoms with E-state index >= 15 is 0 Å². The molecule has 0 aromatic carbocycles. The fourth-order valence-electron chi connectivity index (χ4n) is 1.81. The summed E-state index contributed by atoms with van der Waals surface area (Å²) in [5.41, 5.74) is 0. The molecular formula is C9H17BrS. The van der Waals surface area contributed by atoms with Crippen LogP contribution in [-0.2, 0) is 0 Å². The first-order valence-corrected chi connectivity index (χ1v) is 6.78. The van der Waals surface area contributed by atoms with Crippen LogP contribution in [-0.4, -0.2) is 16.8 Å². The molecule has 0 aromatic rings. The molecule has 0 saturated heterocycles. The maximum atomic E-state index is 3.75. The molecule has 2 atom stereocenters. The summed E-state index contributed by atoms with van der Waals surface area (Å²) in [7, 11) is 0. The van der Waals surface area contributed by atoms with Gasteiger partial charge in [0, 0.05) is 4.83 Å². The highest BCUT2D eigenvalue weighted by molar-refractivity contribution is 9.09. The predicted molar refractivity (Wildman–Crippen MR) is 57.7 cm³/mol. The summed E-state index contributed by atoms with van der Waals surface area (Å²) in [6.45, 7) is 0. The highest BCUT2D eigenvalue weighted by Crippen LogP contribution is 2.34. The van der Waals surface area contributed by atoms with Gasteiger partial charge in [-0.1, -0.05) is 22.4 Å². The minimum absolute atomic E-state index is 0.837. The average Bonchev–Trinajstić information content (AvgIpc) is 2.37. The maximum Gasteiger partial charge on any atom is 0.0174 e. The van der Waals surface area contributed by atoms with Crippen molar-refractivity contribution in [2.75, 3.05) is 12.0 Å². The Morgan fingerprint density at radius 3 is 2.82 bits per heavy atom. The lowest BCUT2D eigenvalue weighted by Gasteiger charge is -2.12. The van der Waals surface area contributed by atoms with Gasteiger partial charge in [0.1, 0.15) is 0 Å². The van der Waals surface area contributed by atoms with Crippen molar-refractivity contribution in [3.8, 4) is 0 Å². The lowest BCUT2D eigenvalue weighted by Crippen LogP contribution is -2.06. The summed E-state index contributed by atoms with van der Waals surface area (Å²) in [5, 5.41) is 0. The van der Waals surface area contributed by atoms with Crippen molar-refractivity contribution in [1.82, 2.24) is 0 Å². The fraction of sp³-hybridized carbons (Fsp3) is 1.00. The van der Waals surface area contributed by atoms with Gasteiger partial charge in [-0.15, -0.1) is 0 Å². The Labute approximate surface area is 82.6 Å². The first kappa shape index (κ1) is 9.91. The molecule has 0 radical (unpaired) electrons. The molecule has 0 aliphatic heterocycles. The summed E-state index contributed by atoms with van der Waals surface area (Å²) >= 11 is 5.72. The van der Waals surface area contributed by atoms with Crippen molar-refractivity contribution >= 4 is 27.7 Å². The zero-order valence-corrected chi connectivity index (χ0v) is 9.59. The molecule has 1 aliphatic carbocycles. The number of rotatable bonds is 4. The van der Waals surface area contributed by atoms with E-state index in [0.29, 0.717) is 0 Å². The van der Waals surface area contributed by atoms with Crippen molar-refractivity contribution in [2.24, 2.45) is 5.92 Å². The zero-order valence-electron chi connectivity index (χ0n) is 7.18. The third-order valence-electron chi connectivity index (χ3n) is 2.49. The summed E-state index contributed by atoms with van der Waals surface area (Å²) in [4.78, 5) is 0.837. The Morgan fingerprint density at radius 1 is 1.45 bits per heavy atom. The van der Waals surface area contributed by atoms with Crippen LogP contribution in [0.2, 0.25) is 0 Å². The van der Waals surface area contributed by atoms with Gasteiger partial charge in [0.05, 0.1) is 0 Å². The van der Waals surface area contributed by atoms with E-state index in [2.05, 4.69) is 22.2 Å². The minimum Gasteiger partial charge on any atom is -0.165 e. The van der Waals surface area contributed by atoms with Crippen LogP contribution >= 0.6 is 27.7 Å². The predicted octanol–water partition coefficient (Wildman–Crippen LogP) is 3.69. The molecular weight excluding hydrogens is 220 g/mol. The SMILES string of the molecule is CSCCCC1CCCC1Br. The van der Waals surface area contributed by atoms with Crippen LogP contribution in [0.3, 0.4) is 0 Å². The lowest BCUT2D eigenvalue weighted by atomic mass is 10.0. The summed E-state index contributed by atoms with van der Waals surface area (Å²) in [6.07, 6.45) is 9.36. The Morgan fingerprint density at radius 2 is 2.27 bits per heavy atom. The van der Waals surface area contributed by atoms with Crippen molar-refractivity contribution in [2.45, 2.75) is 36.9 Å². The van der Waals surface area contributed by atoms with Gasteiger partial charge in [-0.25, -0.2) is 0 Å². The van der Waals surface area contributed by atoms with Crippen LogP contribution in [0.5, 0.6) is 0 Å². The Kier molecular flexibility index (Phi) is 4.93. The largest absolute Gasteiger partial charge is 0.165 e. The van der Waals surface area contributed by atoms with E-state index in [9.17, 15) is 0 Å². The smallest absolute Gasteiger partial charge is 0.0174 e. The molecule has 0 amide bonds. The van der Waals surface area contributed by atoms with Gasteiger partial charge in [0.2, 0.25) is 0 Å². The number of hydrogen-bond donors (Lipinski definition) is 0. The molecule has 1 rings (SSSR count). The van der Waals surface area contributed by atoms with Crippen LogP contribution in [0.1, 0.15) is 32.1 Å². The van der Waals surface area contributed by atoms with Gasteiger partial charge in [0.15, 0.2) is 0 Å². The standard InChI is InChI=1S/C9H17BrS/c1-11-7-3-5-8-4-2-6-9(8)10/h8-9H,2-7H2,1H3. The van der Waals surface area contributed by atoms with Crippen molar-refractivity contribution in [1.29, 1.82) is 0 Å². The number of alkyl halides is 1. The van der Waals surface area contributed by atoms with E-state index in [1.807, 2.05) is 11.8 Å². The van der Waals surface area contributed by atoms with Crippen LogP contribution < -0.4 is 0 Å². The molecule has 0 spiro atoms. The first-order chi connectivity index (χ1) is 5.34. The molecule has 1 saturated carbocycles. The number of thioether (sulfide) groups is 1. The Balaban J connectivity index is 2.05. The van der Waals surface area contributed by atoms with E-state index in [1.54, 1.807) is 0 Å². The molecule has 0 heterocycles. The van der Waals surface area contributed by atoms with E-state index in [0.717, 1.165) is 10.7 Å². The second-order valence-corrected chi connectivity index (χ2v) is 5.50. The molecule has 1 fully saturated rings. The molecule has 0 aromatic heterocycles. The van der Waals surface area contributed by atoms with Crippen LogP contribution in [0.25, 0.3) is 0 Å². The monoisotopic (exact) mass is 236 g/mol. The van der Waals surface area contributed by atoms with E-state index in [1.165, 1.54) is 37.9 Å². The zero-order chi connectivity index (χ0) is 8.10. The van der Waals surface area contributed by atoms with Gasteiger partial charge in [-0.2, -0.15) is 11.8 Å². The van der Waals surface area contributed by atoms with Crippen LogP contribution in [0.4, 0.5) is 0 Å². The summed E-state index contributed by atoms with van der Waals surface area (Å²) < 4.78 is 0. The second-order valence-electron chi connectivity index (χ2n) is 3.34. The molecule has 66 valence electrons. The fourth-order valence-corrected chi connectivity index (χ4v) is 3.11. The summed E-state index contributed by atoms with van der Waals surface area (Å²) in [5.74, 6) is 2.33. The molecule has 2 unspecified atom stereocenters. The minimum atomic E-state index is 0.837. The third kappa shape index (κ3) is 3.37. The topological polar surface area (TPSA) is 0 Å². The van der Waals surface area contributed by atoms with Gasteiger partial charge < -0.3 is 0 Å². The molecule has 0 nitrogen and oxygen atoms in total. The van der Waals surface area contributed by atoms with Gasteiger partial charge >= 0.3 is 0 Å². The first-order valence-electron chi connectivity index (χ1n) is 4.47. The van der Waals surface area contributed by atoms with E-state index < -0.39 is 0 Å². The normalized spacial score (nSPS) is 31.1.